The maximum absolute atomic E-state index is 9.40. The van der Waals surface area contributed by atoms with Crippen molar-refractivity contribution in [1.82, 2.24) is 0 Å². The predicted molar refractivity (Wildman–Crippen MR) is 68.7 cm³/mol. The summed E-state index contributed by atoms with van der Waals surface area (Å²) in [6.07, 6.45) is -1.12. The molecule has 0 aliphatic carbocycles. The number of aliphatic hydroxyl groups excluding tert-OH is 2. The molecule has 1 aromatic rings. The van der Waals surface area contributed by atoms with Crippen LogP contribution in [0.4, 0.5) is 0 Å². The van der Waals surface area contributed by atoms with Gasteiger partial charge in [0.15, 0.2) is 0 Å². The van der Waals surface area contributed by atoms with E-state index in [0.29, 0.717) is 6.61 Å². The van der Waals surface area contributed by atoms with Gasteiger partial charge in [-0.05, 0) is 23.2 Å². The summed E-state index contributed by atoms with van der Waals surface area (Å²) in [4.78, 5) is 2.61. The van der Waals surface area contributed by atoms with Crippen LogP contribution < -0.4 is 4.74 Å². The molecule has 1 aromatic carbocycles. The van der Waals surface area contributed by atoms with Crippen LogP contribution in [0.15, 0.2) is 29.4 Å². The first kappa shape index (κ1) is 15.3. The summed E-state index contributed by atoms with van der Waals surface area (Å²) in [5.74, 6) is 0.756. The molecule has 0 bridgehead atoms. The van der Waals surface area contributed by atoms with E-state index in [4.69, 9.17) is 20.1 Å². The molecule has 0 spiro atoms. The Morgan fingerprint density at radius 1 is 1.37 bits per heavy atom. The van der Waals surface area contributed by atoms with Crippen LogP contribution in [-0.4, -0.2) is 42.7 Å². The van der Waals surface area contributed by atoms with Crippen molar-refractivity contribution in [3.8, 4) is 5.75 Å². The molecule has 1 rings (SSSR count). The summed E-state index contributed by atoms with van der Waals surface area (Å²) in [5, 5.41) is 21.6. The van der Waals surface area contributed by atoms with E-state index >= 15 is 0 Å². The molecule has 19 heavy (non-hydrogen) atoms. The number of aliphatic hydroxyl groups is 2. The van der Waals surface area contributed by atoms with Crippen LogP contribution in [0.1, 0.15) is 5.56 Å². The number of benzene rings is 1. The fourth-order valence-electron chi connectivity index (χ4n) is 1.43. The van der Waals surface area contributed by atoms with E-state index in [1.54, 1.807) is 7.11 Å². The third kappa shape index (κ3) is 5.15. The zero-order valence-corrected chi connectivity index (χ0v) is 10.6. The Kier molecular flexibility index (Phi) is 6.70. The summed E-state index contributed by atoms with van der Waals surface area (Å²) in [6.45, 7) is -0.118. The zero-order chi connectivity index (χ0) is 14.1. The van der Waals surface area contributed by atoms with Crippen LogP contribution in [-0.2, 0) is 11.3 Å². The van der Waals surface area contributed by atoms with Crippen LogP contribution in [0.5, 0.6) is 5.75 Å². The smallest absolute Gasteiger partial charge is 0.118 e. The van der Waals surface area contributed by atoms with Crippen LogP contribution in [0, 0.1) is 0 Å². The van der Waals surface area contributed by atoms with Crippen LogP contribution in [0.3, 0.4) is 0 Å². The fraction of sp³-hybridized carbons (Fsp3) is 0.500. The second kappa shape index (κ2) is 8.34. The minimum Gasteiger partial charge on any atom is -0.497 e. The number of hydrogen-bond acceptors (Lipinski definition) is 5. The summed E-state index contributed by atoms with van der Waals surface area (Å²) in [7, 11) is 1.59. The molecule has 0 aromatic heterocycles. The quantitative estimate of drug-likeness (QED) is 0.419. The Hall–Kier alpha value is -1.79. The first-order chi connectivity index (χ1) is 9.21. The summed E-state index contributed by atoms with van der Waals surface area (Å²) < 4.78 is 10.4. The number of azide groups is 1. The Morgan fingerprint density at radius 2 is 2.05 bits per heavy atom. The van der Waals surface area contributed by atoms with E-state index in [1.165, 1.54) is 0 Å². The lowest BCUT2D eigenvalue weighted by Gasteiger charge is -2.16. The predicted octanol–water partition coefficient (Wildman–Crippen LogP) is 1.24. The lowest BCUT2D eigenvalue weighted by molar-refractivity contribution is 0.0266. The van der Waals surface area contributed by atoms with E-state index < -0.39 is 18.8 Å². The van der Waals surface area contributed by atoms with Crippen molar-refractivity contribution in [1.29, 1.82) is 0 Å². The second-order valence-corrected chi connectivity index (χ2v) is 3.89. The fourth-order valence-corrected chi connectivity index (χ4v) is 1.43. The molecule has 2 atom stereocenters. The standard InChI is InChI=1S/C12H17N3O4/c1-18-10-4-2-9(3-5-10)7-19-8-11(14-15-13)12(17)6-16/h2-5,11-12,16-17H,6-8H2,1H3/t11-,12-/m1/s1. The number of methoxy groups -OCH3 is 1. The Labute approximate surface area is 111 Å². The Balaban J connectivity index is 2.44. The van der Waals surface area contributed by atoms with Gasteiger partial charge in [0.1, 0.15) is 5.75 Å². The number of hydrogen-bond donors (Lipinski definition) is 2. The SMILES string of the molecule is COc1ccc(COC[C@@H](N=[N+]=[N-])[C@H](O)CO)cc1. The molecule has 0 amide bonds. The number of rotatable bonds is 8. The van der Waals surface area contributed by atoms with Gasteiger partial charge in [-0.1, -0.05) is 17.2 Å². The van der Waals surface area contributed by atoms with E-state index in [0.717, 1.165) is 11.3 Å². The largest absolute Gasteiger partial charge is 0.497 e. The van der Waals surface area contributed by atoms with Crippen molar-refractivity contribution >= 4 is 0 Å². The van der Waals surface area contributed by atoms with Gasteiger partial charge in [0, 0.05) is 4.91 Å². The highest BCUT2D eigenvalue weighted by molar-refractivity contribution is 5.26. The van der Waals surface area contributed by atoms with Gasteiger partial charge in [-0.3, -0.25) is 0 Å². The van der Waals surface area contributed by atoms with E-state index in [-0.39, 0.29) is 6.61 Å². The summed E-state index contributed by atoms with van der Waals surface area (Å²) in [5.41, 5.74) is 9.28. The summed E-state index contributed by atoms with van der Waals surface area (Å²) in [6, 6.07) is 6.53. The first-order valence-corrected chi connectivity index (χ1v) is 5.75. The Morgan fingerprint density at radius 3 is 2.58 bits per heavy atom. The normalized spacial score (nSPS) is 13.4. The minimum absolute atomic E-state index is 0.0395. The molecule has 7 heteroatoms. The van der Waals surface area contributed by atoms with Crippen molar-refractivity contribution < 1.29 is 19.7 Å². The Bertz CT molecular complexity index is 417. The maximum atomic E-state index is 9.40. The maximum Gasteiger partial charge on any atom is 0.118 e. The van der Waals surface area contributed by atoms with Gasteiger partial charge in [-0.15, -0.1) is 0 Å². The average molecular weight is 267 g/mol. The van der Waals surface area contributed by atoms with Crippen LogP contribution in [0.25, 0.3) is 10.4 Å². The number of nitrogens with zero attached hydrogens (tertiary/aromatic N) is 3. The van der Waals surface area contributed by atoms with Crippen LogP contribution in [0.2, 0.25) is 0 Å². The van der Waals surface area contributed by atoms with Crippen molar-refractivity contribution in [3.63, 3.8) is 0 Å². The third-order valence-electron chi connectivity index (χ3n) is 2.55. The molecule has 104 valence electrons. The molecular formula is C12H17N3O4. The van der Waals surface area contributed by atoms with Gasteiger partial charge < -0.3 is 19.7 Å². The zero-order valence-electron chi connectivity index (χ0n) is 10.6. The second-order valence-electron chi connectivity index (χ2n) is 3.89. The molecule has 2 N–H and O–H groups in total. The van der Waals surface area contributed by atoms with Crippen molar-refractivity contribution in [2.45, 2.75) is 18.8 Å². The molecule has 0 saturated heterocycles. The molecule has 0 aliphatic rings. The van der Waals surface area contributed by atoms with Crippen molar-refractivity contribution in [2.24, 2.45) is 5.11 Å². The highest BCUT2D eigenvalue weighted by Gasteiger charge is 2.16. The highest BCUT2D eigenvalue weighted by atomic mass is 16.5. The van der Waals surface area contributed by atoms with E-state index in [9.17, 15) is 5.11 Å². The lowest BCUT2D eigenvalue weighted by Crippen LogP contribution is -2.31. The van der Waals surface area contributed by atoms with Gasteiger partial charge in [0.25, 0.3) is 0 Å². The van der Waals surface area contributed by atoms with Gasteiger partial charge in [-0.2, -0.15) is 0 Å². The molecule has 0 radical (unpaired) electrons. The van der Waals surface area contributed by atoms with Crippen molar-refractivity contribution in [2.75, 3.05) is 20.3 Å². The summed E-state index contributed by atoms with van der Waals surface area (Å²) >= 11 is 0. The van der Waals surface area contributed by atoms with E-state index in [1.807, 2.05) is 24.3 Å². The molecule has 0 aliphatic heterocycles. The lowest BCUT2D eigenvalue weighted by atomic mass is 10.2. The molecular weight excluding hydrogens is 250 g/mol. The topological polar surface area (TPSA) is 108 Å². The third-order valence-corrected chi connectivity index (χ3v) is 2.55. The highest BCUT2D eigenvalue weighted by Crippen LogP contribution is 2.12. The van der Waals surface area contributed by atoms with Gasteiger partial charge >= 0.3 is 0 Å². The molecule has 0 unspecified atom stereocenters. The van der Waals surface area contributed by atoms with Gasteiger partial charge in [0.05, 0.1) is 39.1 Å². The molecule has 0 fully saturated rings. The van der Waals surface area contributed by atoms with Crippen LogP contribution >= 0.6 is 0 Å². The monoisotopic (exact) mass is 267 g/mol. The molecule has 7 nitrogen and oxygen atoms in total. The first-order valence-electron chi connectivity index (χ1n) is 5.75. The minimum atomic E-state index is -1.12. The molecule has 0 saturated carbocycles. The van der Waals surface area contributed by atoms with Gasteiger partial charge in [0.2, 0.25) is 0 Å². The average Bonchev–Trinajstić information content (AvgIpc) is 2.46. The van der Waals surface area contributed by atoms with E-state index in [2.05, 4.69) is 10.0 Å². The van der Waals surface area contributed by atoms with Crippen molar-refractivity contribution in [3.05, 3.63) is 40.3 Å². The molecule has 0 heterocycles. The van der Waals surface area contributed by atoms with Gasteiger partial charge in [-0.25, -0.2) is 0 Å². The number of ether oxygens (including phenoxy) is 2.